The molecule has 0 saturated carbocycles. The Balaban J connectivity index is 1.73. The highest BCUT2D eigenvalue weighted by atomic mass is 32.1. The van der Waals surface area contributed by atoms with Gasteiger partial charge in [-0.1, -0.05) is 60.7 Å². The summed E-state index contributed by atoms with van der Waals surface area (Å²) in [7, 11) is 0. The van der Waals surface area contributed by atoms with Gasteiger partial charge in [0, 0.05) is 34.0 Å². The lowest BCUT2D eigenvalue weighted by Crippen LogP contribution is -2.30. The van der Waals surface area contributed by atoms with Gasteiger partial charge in [0.2, 0.25) is 0 Å². The topological polar surface area (TPSA) is 40.5 Å². The van der Waals surface area contributed by atoms with Crippen molar-refractivity contribution in [3.63, 3.8) is 0 Å². The van der Waals surface area contributed by atoms with E-state index in [1.165, 1.54) is 4.88 Å². The van der Waals surface area contributed by atoms with Gasteiger partial charge in [-0.2, -0.15) is 0 Å². The molecule has 1 heterocycles. The van der Waals surface area contributed by atoms with E-state index in [0.717, 1.165) is 32.7 Å². The minimum Gasteiger partial charge on any atom is -0.507 e. The molecule has 32 heavy (non-hydrogen) atoms. The Labute approximate surface area is 193 Å². The average molecular weight is 442 g/mol. The van der Waals surface area contributed by atoms with E-state index < -0.39 is 0 Å². The molecule has 162 valence electrons. The van der Waals surface area contributed by atoms with Crippen molar-refractivity contribution in [3.8, 4) is 16.2 Å². The van der Waals surface area contributed by atoms with E-state index in [1.54, 1.807) is 11.3 Å². The van der Waals surface area contributed by atoms with Gasteiger partial charge in [0.25, 0.3) is 5.91 Å². The second-order valence-electron chi connectivity index (χ2n) is 8.18. The van der Waals surface area contributed by atoms with Gasteiger partial charge in [-0.15, -0.1) is 11.3 Å². The van der Waals surface area contributed by atoms with E-state index >= 15 is 0 Å². The summed E-state index contributed by atoms with van der Waals surface area (Å²) in [6.07, 6.45) is 0. The van der Waals surface area contributed by atoms with Crippen molar-refractivity contribution in [2.75, 3.05) is 0 Å². The summed E-state index contributed by atoms with van der Waals surface area (Å²) in [5.41, 5.74) is 5.40. The number of aryl methyl sites for hydroxylation is 3. The molecule has 1 amide bonds. The zero-order valence-electron chi connectivity index (χ0n) is 18.6. The molecule has 0 unspecified atom stereocenters. The van der Waals surface area contributed by atoms with E-state index in [1.807, 2.05) is 85.5 Å². The molecule has 1 aromatic heterocycles. The third-order valence-corrected chi connectivity index (χ3v) is 6.63. The number of amides is 1. The zero-order valence-corrected chi connectivity index (χ0v) is 19.4. The van der Waals surface area contributed by atoms with Gasteiger partial charge in [-0.05, 0) is 61.2 Å². The van der Waals surface area contributed by atoms with Crippen molar-refractivity contribution in [2.24, 2.45) is 0 Å². The van der Waals surface area contributed by atoms with E-state index in [9.17, 15) is 9.90 Å². The number of phenols is 1. The summed E-state index contributed by atoms with van der Waals surface area (Å²) in [6.45, 7) is 6.84. The molecule has 0 radical (unpaired) electrons. The van der Waals surface area contributed by atoms with Crippen molar-refractivity contribution >= 4 is 17.2 Å². The second kappa shape index (κ2) is 9.41. The predicted molar refractivity (Wildman–Crippen MR) is 132 cm³/mol. The number of thiophene rings is 1. The quantitative estimate of drug-likeness (QED) is 0.354. The van der Waals surface area contributed by atoms with Crippen LogP contribution in [-0.2, 0) is 13.1 Å². The number of aromatic hydroxyl groups is 1. The first-order chi connectivity index (χ1) is 15.4. The monoisotopic (exact) mass is 441 g/mol. The molecular formula is C28H27NO2S. The molecule has 0 spiro atoms. The normalized spacial score (nSPS) is 10.8. The summed E-state index contributed by atoms with van der Waals surface area (Å²) in [5.74, 6) is 0.312. The number of hydrogen-bond donors (Lipinski definition) is 1. The second-order valence-corrected chi connectivity index (χ2v) is 9.47. The van der Waals surface area contributed by atoms with Gasteiger partial charge in [0.1, 0.15) is 5.75 Å². The van der Waals surface area contributed by atoms with Gasteiger partial charge in [0.05, 0.1) is 0 Å². The van der Waals surface area contributed by atoms with E-state index in [2.05, 4.69) is 19.1 Å². The number of benzene rings is 3. The molecular weight excluding hydrogens is 414 g/mol. The molecule has 0 atom stereocenters. The van der Waals surface area contributed by atoms with Crippen LogP contribution < -0.4 is 0 Å². The Kier molecular flexibility index (Phi) is 6.42. The Morgan fingerprint density at radius 3 is 2.09 bits per heavy atom. The van der Waals surface area contributed by atoms with E-state index in [-0.39, 0.29) is 5.91 Å². The first-order valence-electron chi connectivity index (χ1n) is 10.7. The summed E-state index contributed by atoms with van der Waals surface area (Å²) in [4.78, 5) is 18.1. The van der Waals surface area contributed by atoms with Crippen LogP contribution in [0.15, 0.2) is 78.9 Å². The smallest absolute Gasteiger partial charge is 0.255 e. The fourth-order valence-electron chi connectivity index (χ4n) is 3.99. The van der Waals surface area contributed by atoms with Gasteiger partial charge < -0.3 is 10.0 Å². The van der Waals surface area contributed by atoms with E-state index in [0.29, 0.717) is 24.4 Å². The highest BCUT2D eigenvalue weighted by Crippen LogP contribution is 2.32. The lowest BCUT2D eigenvalue weighted by Gasteiger charge is -2.25. The van der Waals surface area contributed by atoms with Crippen molar-refractivity contribution < 1.29 is 9.90 Å². The van der Waals surface area contributed by atoms with Crippen LogP contribution in [0.2, 0.25) is 0 Å². The zero-order chi connectivity index (χ0) is 22.7. The Morgan fingerprint density at radius 2 is 1.44 bits per heavy atom. The van der Waals surface area contributed by atoms with Crippen molar-refractivity contribution in [1.82, 2.24) is 4.90 Å². The molecule has 4 aromatic rings. The number of hydrogen-bond acceptors (Lipinski definition) is 3. The summed E-state index contributed by atoms with van der Waals surface area (Å²) >= 11 is 1.70. The third kappa shape index (κ3) is 4.76. The first-order valence-corrected chi connectivity index (χ1v) is 11.5. The molecule has 0 bridgehead atoms. The molecule has 0 saturated heterocycles. The van der Waals surface area contributed by atoms with Crippen LogP contribution in [0.3, 0.4) is 0 Å². The maximum absolute atomic E-state index is 13.9. The average Bonchev–Trinajstić information content (AvgIpc) is 3.23. The van der Waals surface area contributed by atoms with Crippen molar-refractivity contribution in [1.29, 1.82) is 0 Å². The number of carbonyl (C=O) groups is 1. The van der Waals surface area contributed by atoms with Crippen LogP contribution in [0.4, 0.5) is 0 Å². The summed E-state index contributed by atoms with van der Waals surface area (Å²) in [6, 6.07) is 26.0. The number of phenolic OH excluding ortho intramolecular Hbond substituents is 1. The highest BCUT2D eigenvalue weighted by Gasteiger charge is 2.21. The van der Waals surface area contributed by atoms with Gasteiger partial charge in [-0.3, -0.25) is 4.79 Å². The Morgan fingerprint density at radius 1 is 0.812 bits per heavy atom. The maximum atomic E-state index is 13.9. The molecule has 0 aliphatic rings. The van der Waals surface area contributed by atoms with Crippen LogP contribution in [0.1, 0.15) is 37.5 Å². The third-order valence-electron chi connectivity index (χ3n) is 5.59. The molecule has 0 aliphatic heterocycles. The molecule has 4 heteroatoms. The van der Waals surface area contributed by atoms with E-state index in [4.69, 9.17) is 0 Å². The summed E-state index contributed by atoms with van der Waals surface area (Å²) < 4.78 is 0. The van der Waals surface area contributed by atoms with Crippen molar-refractivity contribution in [3.05, 3.63) is 112 Å². The maximum Gasteiger partial charge on any atom is 0.255 e. The van der Waals surface area contributed by atoms with Gasteiger partial charge in [-0.25, -0.2) is 0 Å². The molecule has 3 aromatic carbocycles. The molecule has 1 N–H and O–H groups in total. The lowest BCUT2D eigenvalue weighted by atomic mass is 10.0. The number of rotatable bonds is 6. The molecule has 0 fully saturated rings. The minimum atomic E-state index is -0.00103. The first kappa shape index (κ1) is 21.8. The fourth-order valence-corrected chi connectivity index (χ4v) is 4.90. The van der Waals surface area contributed by atoms with Crippen LogP contribution in [0.25, 0.3) is 10.4 Å². The standard InChI is InChI=1S/C28H27NO2S/c1-19-15-23(16-20(2)27(19)30)18-29(17-22-9-5-4-6-10-22)28(31)25-12-8-7-11-24(25)26-14-13-21(3)32-26/h4-16,30H,17-18H2,1-3H3. The van der Waals surface area contributed by atoms with Crippen LogP contribution in [-0.4, -0.2) is 15.9 Å². The summed E-state index contributed by atoms with van der Waals surface area (Å²) in [5, 5.41) is 10.2. The Hall–Kier alpha value is -3.37. The Bertz CT molecular complexity index is 1220. The highest BCUT2D eigenvalue weighted by molar-refractivity contribution is 7.15. The molecule has 0 aliphatic carbocycles. The fraction of sp³-hybridized carbons (Fsp3) is 0.179. The predicted octanol–water partition coefficient (Wildman–Crippen LogP) is 6.89. The molecule has 3 nitrogen and oxygen atoms in total. The molecule has 4 rings (SSSR count). The lowest BCUT2D eigenvalue weighted by molar-refractivity contribution is 0.0731. The number of nitrogens with zero attached hydrogens (tertiary/aromatic N) is 1. The van der Waals surface area contributed by atoms with Crippen LogP contribution >= 0.6 is 11.3 Å². The minimum absolute atomic E-state index is 0.00103. The number of carbonyl (C=O) groups excluding carboxylic acids is 1. The van der Waals surface area contributed by atoms with Crippen molar-refractivity contribution in [2.45, 2.75) is 33.9 Å². The van der Waals surface area contributed by atoms with Gasteiger partial charge in [0.15, 0.2) is 0 Å². The van der Waals surface area contributed by atoms with Crippen LogP contribution in [0, 0.1) is 20.8 Å². The largest absolute Gasteiger partial charge is 0.507 e. The van der Waals surface area contributed by atoms with Crippen LogP contribution in [0.5, 0.6) is 5.75 Å². The van der Waals surface area contributed by atoms with Gasteiger partial charge >= 0.3 is 0 Å². The SMILES string of the molecule is Cc1ccc(-c2ccccc2C(=O)N(Cc2ccccc2)Cc2cc(C)c(O)c(C)c2)s1.